The molecule has 1 aromatic carbocycles. The molecule has 2 fully saturated rings. The fourth-order valence-electron chi connectivity index (χ4n) is 4.16. The van der Waals surface area contributed by atoms with E-state index in [9.17, 15) is 19.2 Å². The van der Waals surface area contributed by atoms with E-state index in [1.54, 1.807) is 48.8 Å². The first kappa shape index (κ1) is 21.6. The average molecular weight is 435 g/mol. The Hall–Kier alpha value is -3.59. The Morgan fingerprint density at radius 2 is 1.84 bits per heavy atom. The molecule has 3 heterocycles. The van der Waals surface area contributed by atoms with Gasteiger partial charge in [-0.2, -0.15) is 0 Å². The smallest absolute Gasteiger partial charge is 0.325 e. The van der Waals surface area contributed by atoms with Gasteiger partial charge < -0.3 is 15.5 Å². The number of nitrogens with one attached hydrogen (secondary N) is 2. The number of ketones is 1. The van der Waals surface area contributed by atoms with Crippen molar-refractivity contribution in [2.45, 2.75) is 38.4 Å². The molecule has 4 rings (SSSR count). The van der Waals surface area contributed by atoms with E-state index in [-0.39, 0.29) is 36.7 Å². The van der Waals surface area contributed by atoms with Gasteiger partial charge in [0.1, 0.15) is 12.6 Å². The number of benzene rings is 1. The van der Waals surface area contributed by atoms with Crippen LogP contribution in [0.1, 0.15) is 35.7 Å². The third-order valence-electron chi connectivity index (χ3n) is 5.81. The van der Waals surface area contributed by atoms with Crippen LogP contribution in [-0.4, -0.2) is 63.6 Å². The number of hydrogen-bond acceptors (Lipinski definition) is 6. The van der Waals surface area contributed by atoms with Crippen molar-refractivity contribution in [3.05, 3.63) is 59.9 Å². The highest BCUT2D eigenvalue weighted by Gasteiger charge is 2.47. The van der Waals surface area contributed by atoms with Crippen molar-refractivity contribution < 1.29 is 19.2 Å². The molecule has 9 heteroatoms. The Kier molecular flexibility index (Phi) is 6.27. The van der Waals surface area contributed by atoms with Crippen molar-refractivity contribution in [2.24, 2.45) is 0 Å². The Morgan fingerprint density at radius 3 is 2.53 bits per heavy atom. The van der Waals surface area contributed by atoms with Gasteiger partial charge in [0.05, 0.1) is 12.6 Å². The summed E-state index contributed by atoms with van der Waals surface area (Å²) in [7, 11) is 0. The maximum atomic E-state index is 13.3. The van der Waals surface area contributed by atoms with Crippen LogP contribution >= 0.6 is 0 Å². The number of hydrogen-bond donors (Lipinski definition) is 2. The zero-order valence-corrected chi connectivity index (χ0v) is 17.8. The number of urea groups is 1. The molecule has 0 bridgehead atoms. The van der Waals surface area contributed by atoms with E-state index in [1.807, 2.05) is 0 Å². The molecule has 0 radical (unpaired) electrons. The number of nitrogens with zero attached hydrogens (tertiary/aromatic N) is 3. The summed E-state index contributed by atoms with van der Waals surface area (Å²) in [5.74, 6) is -0.693. The topological polar surface area (TPSA) is 112 Å². The summed E-state index contributed by atoms with van der Waals surface area (Å²) in [5, 5.41) is 5.99. The maximum absolute atomic E-state index is 13.3. The van der Waals surface area contributed by atoms with Gasteiger partial charge >= 0.3 is 6.03 Å². The summed E-state index contributed by atoms with van der Waals surface area (Å²) < 4.78 is 0. The maximum Gasteiger partial charge on any atom is 0.327 e. The Labute approximate surface area is 185 Å². The number of piperidine rings is 1. The van der Waals surface area contributed by atoms with Crippen molar-refractivity contribution in [1.82, 2.24) is 20.1 Å². The number of fused-ring (bicyclic) bond motifs is 1. The number of anilines is 1. The van der Waals surface area contributed by atoms with Crippen molar-refractivity contribution in [3.63, 3.8) is 0 Å². The van der Waals surface area contributed by atoms with E-state index in [4.69, 9.17) is 0 Å². The lowest BCUT2D eigenvalue weighted by molar-refractivity contribution is -0.138. The molecule has 2 aliphatic heterocycles. The van der Waals surface area contributed by atoms with E-state index in [0.717, 1.165) is 12.0 Å². The molecule has 2 atom stereocenters. The molecule has 2 aromatic rings. The minimum absolute atomic E-state index is 0.0587. The molecular formula is C23H25N5O4. The molecule has 32 heavy (non-hydrogen) atoms. The first-order valence-electron chi connectivity index (χ1n) is 10.6. The van der Waals surface area contributed by atoms with Gasteiger partial charge in [0.2, 0.25) is 11.8 Å². The van der Waals surface area contributed by atoms with Crippen LogP contribution in [0, 0.1) is 0 Å². The summed E-state index contributed by atoms with van der Waals surface area (Å²) in [6.07, 6.45) is 4.69. The zero-order valence-electron chi connectivity index (χ0n) is 17.8. The second-order valence-corrected chi connectivity index (χ2v) is 8.01. The van der Waals surface area contributed by atoms with Gasteiger partial charge in [0.25, 0.3) is 0 Å². The van der Waals surface area contributed by atoms with E-state index in [0.29, 0.717) is 24.2 Å². The van der Waals surface area contributed by atoms with Gasteiger partial charge in [-0.1, -0.05) is 0 Å². The number of imide groups is 1. The lowest BCUT2D eigenvalue weighted by atomic mass is 9.93. The van der Waals surface area contributed by atoms with Crippen LogP contribution in [-0.2, 0) is 16.1 Å². The van der Waals surface area contributed by atoms with Crippen molar-refractivity contribution in [2.75, 3.05) is 18.4 Å². The zero-order chi connectivity index (χ0) is 22.7. The van der Waals surface area contributed by atoms with Crippen LogP contribution in [0.25, 0.3) is 0 Å². The monoisotopic (exact) mass is 435 g/mol. The molecule has 166 valence electrons. The third-order valence-corrected chi connectivity index (χ3v) is 5.81. The molecule has 1 aromatic heterocycles. The Bertz CT molecular complexity index is 1020. The van der Waals surface area contributed by atoms with Gasteiger partial charge in [0, 0.05) is 23.6 Å². The molecule has 2 unspecified atom stereocenters. The summed E-state index contributed by atoms with van der Waals surface area (Å²) >= 11 is 0. The van der Waals surface area contributed by atoms with Crippen LogP contribution in [0.3, 0.4) is 0 Å². The number of pyridine rings is 1. The Morgan fingerprint density at radius 1 is 1.12 bits per heavy atom. The van der Waals surface area contributed by atoms with Crippen molar-refractivity contribution in [3.8, 4) is 0 Å². The van der Waals surface area contributed by atoms with Crippen LogP contribution in [0.15, 0.2) is 48.8 Å². The van der Waals surface area contributed by atoms with Gasteiger partial charge in [0.15, 0.2) is 5.78 Å². The summed E-state index contributed by atoms with van der Waals surface area (Å²) in [6.45, 7) is 2.11. The van der Waals surface area contributed by atoms with E-state index in [2.05, 4.69) is 15.6 Å². The van der Waals surface area contributed by atoms with Gasteiger partial charge in [-0.15, -0.1) is 0 Å². The molecule has 2 saturated heterocycles. The quantitative estimate of drug-likeness (QED) is 0.670. The lowest BCUT2D eigenvalue weighted by Gasteiger charge is -2.46. The van der Waals surface area contributed by atoms with Crippen LogP contribution < -0.4 is 10.6 Å². The molecule has 0 spiro atoms. The molecule has 0 saturated carbocycles. The van der Waals surface area contributed by atoms with Gasteiger partial charge in [-0.25, -0.2) is 4.79 Å². The van der Waals surface area contributed by atoms with Crippen molar-refractivity contribution >= 4 is 29.3 Å². The van der Waals surface area contributed by atoms with Crippen LogP contribution in [0.5, 0.6) is 0 Å². The normalized spacial score (nSPS) is 20.7. The van der Waals surface area contributed by atoms with Gasteiger partial charge in [-0.3, -0.25) is 24.3 Å². The highest BCUT2D eigenvalue weighted by molar-refractivity contribution is 6.03. The average Bonchev–Trinajstić information content (AvgIpc) is 2.80. The number of aromatic nitrogens is 1. The first-order chi connectivity index (χ1) is 15.4. The Balaban J connectivity index is 1.51. The van der Waals surface area contributed by atoms with E-state index >= 15 is 0 Å². The fourth-order valence-corrected chi connectivity index (χ4v) is 4.16. The summed E-state index contributed by atoms with van der Waals surface area (Å²) in [4.78, 5) is 57.2. The van der Waals surface area contributed by atoms with Crippen LogP contribution in [0.2, 0.25) is 0 Å². The molecule has 0 aliphatic carbocycles. The SMILES string of the molecule is CC(=O)c1ccc(NC(=O)CN2C(=O)N(Cc3ccncc3)C(=O)C3NCCCC32)cc1. The number of carbonyl (C=O) groups is 4. The fraction of sp³-hybridized carbons (Fsp3) is 0.348. The summed E-state index contributed by atoms with van der Waals surface area (Å²) in [5.41, 5.74) is 1.87. The number of rotatable bonds is 6. The second-order valence-electron chi connectivity index (χ2n) is 8.01. The molecule has 4 amide bonds. The predicted octanol–water partition coefficient (Wildman–Crippen LogP) is 1.81. The van der Waals surface area contributed by atoms with Crippen LogP contribution in [0.4, 0.5) is 10.5 Å². The third kappa shape index (κ3) is 4.52. The number of Topliss-reactive ketones (excluding diaryl/α,β-unsaturated/α-hetero) is 1. The largest absolute Gasteiger partial charge is 0.327 e. The second kappa shape index (κ2) is 9.27. The minimum Gasteiger partial charge on any atom is -0.325 e. The molecular weight excluding hydrogens is 410 g/mol. The van der Waals surface area contributed by atoms with E-state index in [1.165, 1.54) is 16.7 Å². The minimum atomic E-state index is -0.536. The molecule has 9 nitrogen and oxygen atoms in total. The van der Waals surface area contributed by atoms with Gasteiger partial charge in [-0.05, 0) is 68.3 Å². The number of amides is 4. The predicted molar refractivity (Wildman–Crippen MR) is 117 cm³/mol. The highest BCUT2D eigenvalue weighted by atomic mass is 16.2. The standard InChI is InChI=1S/C23H25N5O4/c1-15(29)17-4-6-18(7-5-17)26-20(30)14-27-19-3-2-10-25-21(19)22(31)28(23(27)32)13-16-8-11-24-12-9-16/h4-9,11-12,19,21,25H,2-3,10,13-14H2,1H3,(H,26,30). The first-order valence-corrected chi connectivity index (χ1v) is 10.6. The number of carbonyl (C=O) groups excluding carboxylic acids is 4. The van der Waals surface area contributed by atoms with Crippen molar-refractivity contribution in [1.29, 1.82) is 0 Å². The van der Waals surface area contributed by atoms with E-state index < -0.39 is 12.1 Å². The summed E-state index contributed by atoms with van der Waals surface area (Å²) in [6, 6.07) is 8.70. The molecule has 2 aliphatic rings. The lowest BCUT2D eigenvalue weighted by Crippen LogP contribution is -2.70. The highest BCUT2D eigenvalue weighted by Crippen LogP contribution is 2.26. The molecule has 2 N–H and O–H groups in total.